The molecule has 1 heterocycles. The monoisotopic (exact) mass is 321 g/mol. The van der Waals surface area contributed by atoms with Crippen LogP contribution in [0.15, 0.2) is 24.5 Å². The first kappa shape index (κ1) is 17.1. The molecule has 7 heteroatoms. The number of ether oxygens (including phenoxy) is 2. The lowest BCUT2D eigenvalue weighted by atomic mass is 9.62. The van der Waals surface area contributed by atoms with Gasteiger partial charge in [-0.3, -0.25) is 19.4 Å². The molecule has 1 aromatic heterocycles. The Kier molecular flexibility index (Phi) is 4.79. The number of rotatable bonds is 3. The highest BCUT2D eigenvalue weighted by molar-refractivity contribution is 6.02. The van der Waals surface area contributed by atoms with Gasteiger partial charge in [0, 0.05) is 24.7 Å². The SMILES string of the molecule is COC(=O)[C@@H]1C(=O)C[C@@](C)(O)[C@H](C(=O)OC)[C@@H]1c1cccnc1. The number of esters is 2. The summed E-state index contributed by atoms with van der Waals surface area (Å²) in [5, 5.41) is 10.6. The molecule has 4 atom stereocenters. The fourth-order valence-electron chi connectivity index (χ4n) is 3.24. The fourth-order valence-corrected chi connectivity index (χ4v) is 3.24. The third kappa shape index (κ3) is 3.10. The molecule has 0 bridgehead atoms. The molecule has 0 amide bonds. The maximum absolute atomic E-state index is 12.4. The Morgan fingerprint density at radius 3 is 2.48 bits per heavy atom. The van der Waals surface area contributed by atoms with Crippen LogP contribution in [0.2, 0.25) is 0 Å². The molecule has 0 unspecified atom stereocenters. The number of ketones is 1. The second kappa shape index (κ2) is 6.45. The molecule has 1 N–H and O–H groups in total. The molecule has 1 aromatic rings. The fraction of sp³-hybridized carbons (Fsp3) is 0.500. The van der Waals surface area contributed by atoms with Crippen molar-refractivity contribution in [2.45, 2.75) is 24.9 Å². The molecule has 1 saturated carbocycles. The van der Waals surface area contributed by atoms with Crippen molar-refractivity contribution in [3.63, 3.8) is 0 Å². The van der Waals surface area contributed by atoms with Crippen LogP contribution in [0.3, 0.4) is 0 Å². The van der Waals surface area contributed by atoms with Crippen LogP contribution in [-0.2, 0) is 23.9 Å². The van der Waals surface area contributed by atoms with Gasteiger partial charge in [-0.2, -0.15) is 0 Å². The predicted molar refractivity (Wildman–Crippen MR) is 78.2 cm³/mol. The zero-order valence-electron chi connectivity index (χ0n) is 13.2. The number of methoxy groups -OCH3 is 2. The summed E-state index contributed by atoms with van der Waals surface area (Å²) in [6.45, 7) is 1.39. The van der Waals surface area contributed by atoms with Crippen LogP contribution in [-0.4, -0.2) is 47.6 Å². The summed E-state index contributed by atoms with van der Waals surface area (Å²) < 4.78 is 9.52. The van der Waals surface area contributed by atoms with Crippen LogP contribution in [0.1, 0.15) is 24.8 Å². The van der Waals surface area contributed by atoms with E-state index in [4.69, 9.17) is 9.47 Å². The number of aromatic nitrogens is 1. The normalized spacial score (nSPS) is 30.6. The van der Waals surface area contributed by atoms with E-state index in [2.05, 4.69) is 4.98 Å². The van der Waals surface area contributed by atoms with E-state index in [1.165, 1.54) is 33.5 Å². The first-order valence-corrected chi connectivity index (χ1v) is 7.14. The van der Waals surface area contributed by atoms with Gasteiger partial charge in [0.15, 0.2) is 5.78 Å². The van der Waals surface area contributed by atoms with Crippen molar-refractivity contribution in [3.05, 3.63) is 30.1 Å². The van der Waals surface area contributed by atoms with Gasteiger partial charge in [-0.15, -0.1) is 0 Å². The smallest absolute Gasteiger partial charge is 0.316 e. The molecule has 1 aliphatic carbocycles. The van der Waals surface area contributed by atoms with Crippen molar-refractivity contribution >= 4 is 17.7 Å². The summed E-state index contributed by atoms with van der Waals surface area (Å²) in [6, 6.07) is 3.28. The third-order valence-electron chi connectivity index (χ3n) is 4.25. The minimum absolute atomic E-state index is 0.330. The molecular formula is C16H19NO6. The molecule has 124 valence electrons. The van der Waals surface area contributed by atoms with Gasteiger partial charge >= 0.3 is 11.9 Å². The molecule has 0 spiro atoms. The summed E-state index contributed by atoms with van der Waals surface area (Å²) in [5.74, 6) is -5.08. The number of aliphatic hydroxyl groups is 1. The second-order valence-electron chi connectivity index (χ2n) is 5.81. The van der Waals surface area contributed by atoms with Gasteiger partial charge < -0.3 is 14.6 Å². The Morgan fingerprint density at radius 2 is 1.96 bits per heavy atom. The van der Waals surface area contributed by atoms with E-state index in [1.807, 2.05) is 0 Å². The Hall–Kier alpha value is -2.28. The quantitative estimate of drug-likeness (QED) is 0.637. The Morgan fingerprint density at radius 1 is 1.30 bits per heavy atom. The number of Topliss-reactive ketones (excluding diaryl/α,β-unsaturated/α-hetero) is 1. The number of pyridine rings is 1. The van der Waals surface area contributed by atoms with Gasteiger partial charge in [-0.05, 0) is 18.6 Å². The highest BCUT2D eigenvalue weighted by atomic mass is 16.5. The highest BCUT2D eigenvalue weighted by Gasteiger charge is 2.56. The molecule has 23 heavy (non-hydrogen) atoms. The van der Waals surface area contributed by atoms with Gasteiger partial charge in [0.1, 0.15) is 5.92 Å². The molecule has 0 radical (unpaired) electrons. The molecule has 7 nitrogen and oxygen atoms in total. The van der Waals surface area contributed by atoms with E-state index < -0.39 is 41.1 Å². The van der Waals surface area contributed by atoms with Crippen molar-refractivity contribution in [1.29, 1.82) is 0 Å². The Bertz CT molecular complexity index is 612. The topological polar surface area (TPSA) is 103 Å². The minimum atomic E-state index is -1.63. The van der Waals surface area contributed by atoms with Crippen LogP contribution < -0.4 is 0 Å². The molecule has 0 aliphatic heterocycles. The van der Waals surface area contributed by atoms with Gasteiger partial charge in [0.05, 0.1) is 25.7 Å². The van der Waals surface area contributed by atoms with E-state index in [9.17, 15) is 19.5 Å². The summed E-state index contributed by atoms with van der Waals surface area (Å²) in [5.41, 5.74) is -1.14. The Labute approximate surface area is 133 Å². The average molecular weight is 321 g/mol. The standard InChI is InChI=1S/C16H19NO6/c1-16(21)7-10(18)12(14(19)22-2)11(13(16)15(20)23-3)9-5-4-6-17-8-9/h4-6,8,11-13,21H,7H2,1-3H3/t11-,12-,13+,16-/m1/s1. The highest BCUT2D eigenvalue weighted by Crippen LogP contribution is 2.46. The summed E-state index contributed by atoms with van der Waals surface area (Å²) in [6.07, 6.45) is 2.67. The number of carbonyl (C=O) groups excluding carboxylic acids is 3. The van der Waals surface area contributed by atoms with E-state index in [0.29, 0.717) is 5.56 Å². The number of hydrogen-bond acceptors (Lipinski definition) is 7. The van der Waals surface area contributed by atoms with Crippen molar-refractivity contribution < 1.29 is 29.0 Å². The van der Waals surface area contributed by atoms with Gasteiger partial charge in [0.2, 0.25) is 0 Å². The Balaban J connectivity index is 2.61. The van der Waals surface area contributed by atoms with Crippen LogP contribution in [0, 0.1) is 11.8 Å². The van der Waals surface area contributed by atoms with Crippen LogP contribution in [0.5, 0.6) is 0 Å². The number of carbonyl (C=O) groups is 3. The molecule has 1 fully saturated rings. The largest absolute Gasteiger partial charge is 0.469 e. The van der Waals surface area contributed by atoms with Gasteiger partial charge in [-0.25, -0.2) is 0 Å². The first-order valence-electron chi connectivity index (χ1n) is 7.14. The maximum atomic E-state index is 12.4. The van der Waals surface area contributed by atoms with E-state index in [1.54, 1.807) is 12.1 Å². The van der Waals surface area contributed by atoms with Crippen LogP contribution in [0.25, 0.3) is 0 Å². The van der Waals surface area contributed by atoms with Crippen molar-refractivity contribution in [3.8, 4) is 0 Å². The van der Waals surface area contributed by atoms with Crippen molar-refractivity contribution in [1.82, 2.24) is 4.98 Å². The average Bonchev–Trinajstić information content (AvgIpc) is 2.52. The van der Waals surface area contributed by atoms with E-state index in [-0.39, 0.29) is 6.42 Å². The van der Waals surface area contributed by atoms with Crippen molar-refractivity contribution in [2.75, 3.05) is 14.2 Å². The lowest BCUT2D eigenvalue weighted by Gasteiger charge is -2.43. The van der Waals surface area contributed by atoms with Crippen LogP contribution in [0.4, 0.5) is 0 Å². The molecule has 1 aliphatic rings. The third-order valence-corrected chi connectivity index (χ3v) is 4.25. The summed E-state index contributed by atoms with van der Waals surface area (Å²) in [4.78, 5) is 40.8. The predicted octanol–water partition coefficient (Wildman–Crippen LogP) is 0.467. The molecular weight excluding hydrogens is 302 g/mol. The number of nitrogens with zero attached hydrogens (tertiary/aromatic N) is 1. The summed E-state index contributed by atoms with van der Waals surface area (Å²) in [7, 11) is 2.37. The first-order chi connectivity index (χ1) is 10.8. The lowest BCUT2D eigenvalue weighted by molar-refractivity contribution is -0.170. The second-order valence-corrected chi connectivity index (χ2v) is 5.81. The van der Waals surface area contributed by atoms with E-state index in [0.717, 1.165) is 0 Å². The van der Waals surface area contributed by atoms with Crippen molar-refractivity contribution in [2.24, 2.45) is 11.8 Å². The number of hydrogen-bond donors (Lipinski definition) is 1. The molecule has 0 aromatic carbocycles. The zero-order chi connectivity index (χ0) is 17.2. The van der Waals surface area contributed by atoms with Crippen LogP contribution >= 0.6 is 0 Å². The van der Waals surface area contributed by atoms with E-state index >= 15 is 0 Å². The molecule has 0 saturated heterocycles. The van der Waals surface area contributed by atoms with Gasteiger partial charge in [0.25, 0.3) is 0 Å². The summed E-state index contributed by atoms with van der Waals surface area (Å²) >= 11 is 0. The van der Waals surface area contributed by atoms with Gasteiger partial charge in [-0.1, -0.05) is 6.07 Å². The maximum Gasteiger partial charge on any atom is 0.316 e. The minimum Gasteiger partial charge on any atom is -0.469 e. The zero-order valence-corrected chi connectivity index (χ0v) is 13.2. The lowest BCUT2D eigenvalue weighted by Crippen LogP contribution is -2.55. The molecule has 2 rings (SSSR count).